The second kappa shape index (κ2) is 4.73. The van der Waals surface area contributed by atoms with Crippen LogP contribution < -0.4 is 11.1 Å². The van der Waals surface area contributed by atoms with Crippen molar-refractivity contribution in [3.63, 3.8) is 0 Å². The summed E-state index contributed by atoms with van der Waals surface area (Å²) in [4.78, 5) is 0. The van der Waals surface area contributed by atoms with E-state index >= 15 is 0 Å². The van der Waals surface area contributed by atoms with Gasteiger partial charge in [-0.3, -0.25) is 0 Å². The van der Waals surface area contributed by atoms with Crippen LogP contribution in [0.25, 0.3) is 0 Å². The van der Waals surface area contributed by atoms with Crippen molar-refractivity contribution in [2.24, 2.45) is 5.92 Å². The summed E-state index contributed by atoms with van der Waals surface area (Å²) in [7, 11) is 0. The lowest BCUT2D eigenvalue weighted by Crippen LogP contribution is -2.24. The second-order valence-corrected chi connectivity index (χ2v) is 4.68. The molecule has 88 valence electrons. The van der Waals surface area contributed by atoms with E-state index in [1.165, 1.54) is 31.7 Å². The Bertz CT molecular complexity index is 359. The molecule has 0 spiro atoms. The maximum Gasteiger partial charge on any atom is 0.148 e. The van der Waals surface area contributed by atoms with Gasteiger partial charge < -0.3 is 11.1 Å². The van der Waals surface area contributed by atoms with E-state index in [-0.39, 0.29) is 11.5 Å². The first kappa shape index (κ1) is 11.2. The molecule has 0 radical (unpaired) electrons. The molecule has 0 amide bonds. The Kier molecular flexibility index (Phi) is 3.32. The topological polar surface area (TPSA) is 38.0 Å². The molecule has 3 heteroatoms. The molecule has 0 bridgehead atoms. The van der Waals surface area contributed by atoms with E-state index in [9.17, 15) is 4.39 Å². The number of hydrogen-bond acceptors (Lipinski definition) is 2. The third-order valence-corrected chi connectivity index (χ3v) is 3.54. The fraction of sp³-hybridized carbons (Fsp3) is 0.538. The van der Waals surface area contributed by atoms with Gasteiger partial charge in [-0.25, -0.2) is 4.39 Å². The minimum atomic E-state index is -0.344. The van der Waals surface area contributed by atoms with Crippen LogP contribution in [0.4, 0.5) is 15.8 Å². The average molecular weight is 222 g/mol. The molecule has 1 aromatic rings. The van der Waals surface area contributed by atoms with Gasteiger partial charge in [0.2, 0.25) is 0 Å². The maximum atomic E-state index is 13.2. The number of halogens is 1. The van der Waals surface area contributed by atoms with Gasteiger partial charge in [0.05, 0.1) is 11.4 Å². The highest BCUT2D eigenvalue weighted by atomic mass is 19.1. The zero-order chi connectivity index (χ0) is 11.5. The summed E-state index contributed by atoms with van der Waals surface area (Å²) in [6.07, 6.45) is 5.16. The molecular formula is C13H19FN2. The summed E-state index contributed by atoms with van der Waals surface area (Å²) in [6, 6.07) is 5.28. The lowest BCUT2D eigenvalue weighted by Gasteiger charge is -2.22. The Labute approximate surface area is 96.0 Å². The Morgan fingerprint density at radius 2 is 2.06 bits per heavy atom. The Balaban J connectivity index is 2.05. The highest BCUT2D eigenvalue weighted by molar-refractivity contribution is 5.66. The average Bonchev–Trinajstić information content (AvgIpc) is 2.78. The van der Waals surface area contributed by atoms with Crippen LogP contribution in [0.1, 0.15) is 32.6 Å². The first-order chi connectivity index (χ1) is 7.68. The molecule has 1 unspecified atom stereocenters. The van der Waals surface area contributed by atoms with Crippen molar-refractivity contribution in [1.82, 2.24) is 0 Å². The van der Waals surface area contributed by atoms with E-state index in [1.54, 1.807) is 6.07 Å². The molecule has 1 saturated carbocycles. The smallest absolute Gasteiger partial charge is 0.148 e. The van der Waals surface area contributed by atoms with Gasteiger partial charge in [0, 0.05) is 6.04 Å². The van der Waals surface area contributed by atoms with Crippen molar-refractivity contribution in [2.45, 2.75) is 38.6 Å². The molecule has 0 heterocycles. The third-order valence-electron chi connectivity index (χ3n) is 3.54. The molecular weight excluding hydrogens is 203 g/mol. The summed E-state index contributed by atoms with van der Waals surface area (Å²) in [5, 5.41) is 3.33. The second-order valence-electron chi connectivity index (χ2n) is 4.68. The number of hydrogen-bond donors (Lipinski definition) is 2. The summed E-state index contributed by atoms with van der Waals surface area (Å²) in [5.74, 6) is 0.353. The van der Waals surface area contributed by atoms with Crippen LogP contribution in [0.3, 0.4) is 0 Å². The van der Waals surface area contributed by atoms with Crippen LogP contribution in [0.2, 0.25) is 0 Å². The minimum Gasteiger partial charge on any atom is -0.395 e. The van der Waals surface area contributed by atoms with E-state index in [4.69, 9.17) is 5.73 Å². The lowest BCUT2D eigenvalue weighted by molar-refractivity contribution is 0.482. The Morgan fingerprint density at radius 1 is 1.38 bits per heavy atom. The van der Waals surface area contributed by atoms with Crippen molar-refractivity contribution >= 4 is 11.4 Å². The van der Waals surface area contributed by atoms with E-state index < -0.39 is 0 Å². The number of para-hydroxylation sites is 1. The fourth-order valence-electron chi connectivity index (χ4n) is 2.48. The molecule has 0 saturated heterocycles. The summed E-state index contributed by atoms with van der Waals surface area (Å²) in [5.41, 5.74) is 6.64. The van der Waals surface area contributed by atoms with Gasteiger partial charge in [-0.1, -0.05) is 18.9 Å². The predicted octanol–water partition coefficient (Wildman–Crippen LogP) is 3.40. The van der Waals surface area contributed by atoms with Gasteiger partial charge in [0.25, 0.3) is 0 Å². The highest BCUT2D eigenvalue weighted by Crippen LogP contribution is 2.30. The van der Waals surface area contributed by atoms with Crippen molar-refractivity contribution < 1.29 is 4.39 Å². The molecule has 1 aromatic carbocycles. The first-order valence-electron chi connectivity index (χ1n) is 5.99. The van der Waals surface area contributed by atoms with E-state index in [0.29, 0.717) is 12.0 Å². The van der Waals surface area contributed by atoms with Crippen LogP contribution in [-0.2, 0) is 0 Å². The number of nitrogens with two attached hydrogens (primary N) is 1. The highest BCUT2D eigenvalue weighted by Gasteiger charge is 2.21. The van der Waals surface area contributed by atoms with Gasteiger partial charge >= 0.3 is 0 Å². The van der Waals surface area contributed by atoms with Crippen molar-refractivity contribution in [1.29, 1.82) is 0 Å². The van der Waals surface area contributed by atoms with E-state index in [1.807, 2.05) is 6.07 Å². The molecule has 1 fully saturated rings. The number of benzene rings is 1. The van der Waals surface area contributed by atoms with Crippen LogP contribution in [0, 0.1) is 11.7 Å². The van der Waals surface area contributed by atoms with Gasteiger partial charge in [-0.05, 0) is 37.8 Å². The van der Waals surface area contributed by atoms with E-state index in [0.717, 1.165) is 5.69 Å². The van der Waals surface area contributed by atoms with Crippen LogP contribution >= 0.6 is 0 Å². The van der Waals surface area contributed by atoms with Crippen LogP contribution in [-0.4, -0.2) is 6.04 Å². The van der Waals surface area contributed by atoms with Crippen molar-refractivity contribution in [3.8, 4) is 0 Å². The van der Waals surface area contributed by atoms with E-state index in [2.05, 4.69) is 12.2 Å². The van der Waals surface area contributed by atoms with Crippen LogP contribution in [0.5, 0.6) is 0 Å². The molecule has 1 atom stereocenters. The fourth-order valence-corrected chi connectivity index (χ4v) is 2.48. The van der Waals surface area contributed by atoms with Crippen LogP contribution in [0.15, 0.2) is 18.2 Å². The van der Waals surface area contributed by atoms with Crippen molar-refractivity contribution in [2.75, 3.05) is 11.1 Å². The minimum absolute atomic E-state index is 0.229. The quantitative estimate of drug-likeness (QED) is 0.769. The van der Waals surface area contributed by atoms with Gasteiger partial charge in [0.1, 0.15) is 5.82 Å². The lowest BCUT2D eigenvalue weighted by atomic mass is 9.99. The zero-order valence-corrected chi connectivity index (χ0v) is 9.67. The maximum absolute atomic E-state index is 13.2. The van der Waals surface area contributed by atoms with Gasteiger partial charge in [-0.2, -0.15) is 0 Å². The van der Waals surface area contributed by atoms with Crippen molar-refractivity contribution in [3.05, 3.63) is 24.0 Å². The monoisotopic (exact) mass is 222 g/mol. The third kappa shape index (κ3) is 2.29. The molecule has 0 aromatic heterocycles. The predicted molar refractivity (Wildman–Crippen MR) is 65.9 cm³/mol. The van der Waals surface area contributed by atoms with Gasteiger partial charge in [-0.15, -0.1) is 0 Å². The number of anilines is 2. The molecule has 2 rings (SSSR count). The Morgan fingerprint density at radius 3 is 2.75 bits per heavy atom. The Hall–Kier alpha value is -1.25. The van der Waals surface area contributed by atoms with Gasteiger partial charge in [0.15, 0.2) is 0 Å². The number of nitrogens with one attached hydrogen (secondary N) is 1. The standard InChI is InChI=1S/C13H19FN2/c1-9(10-5-2-3-6-10)16-12-8-4-7-11(14)13(12)15/h4,7-10,16H,2-3,5-6,15H2,1H3. The normalized spacial score (nSPS) is 18.6. The largest absolute Gasteiger partial charge is 0.395 e. The molecule has 3 N–H and O–H groups in total. The molecule has 1 aliphatic rings. The molecule has 16 heavy (non-hydrogen) atoms. The summed E-state index contributed by atoms with van der Waals surface area (Å²) < 4.78 is 13.2. The SMILES string of the molecule is CC(Nc1cccc(F)c1N)C1CCCC1. The number of nitrogen functional groups attached to an aromatic ring is 1. The summed E-state index contributed by atoms with van der Waals surface area (Å²) >= 11 is 0. The first-order valence-corrected chi connectivity index (χ1v) is 5.99. The summed E-state index contributed by atoms with van der Waals surface area (Å²) in [6.45, 7) is 2.15. The molecule has 0 aliphatic heterocycles. The number of rotatable bonds is 3. The molecule has 2 nitrogen and oxygen atoms in total. The molecule has 1 aliphatic carbocycles. The zero-order valence-electron chi connectivity index (χ0n) is 9.67.